The van der Waals surface area contributed by atoms with Gasteiger partial charge in [-0.15, -0.1) is 11.3 Å². The SMILES string of the molecule is COc1ccc(Cn2nc(Br)c3c(NC(=O)c4csc5c(N)ncnc45)cccc32)cc1. The largest absolute Gasteiger partial charge is 0.497 e. The van der Waals surface area contributed by atoms with Crippen LogP contribution < -0.4 is 15.8 Å². The van der Waals surface area contributed by atoms with Crippen molar-refractivity contribution >= 4 is 65.8 Å². The first kappa shape index (κ1) is 20.4. The monoisotopic (exact) mass is 508 g/mol. The van der Waals surface area contributed by atoms with Crippen LogP contribution in [0.2, 0.25) is 0 Å². The van der Waals surface area contributed by atoms with E-state index >= 15 is 0 Å². The molecule has 0 atom stereocenters. The number of carbonyl (C=O) groups is 1. The minimum atomic E-state index is -0.267. The van der Waals surface area contributed by atoms with E-state index < -0.39 is 0 Å². The van der Waals surface area contributed by atoms with Crippen LogP contribution in [-0.4, -0.2) is 32.8 Å². The van der Waals surface area contributed by atoms with Crippen LogP contribution in [0.15, 0.2) is 58.8 Å². The van der Waals surface area contributed by atoms with Gasteiger partial charge in [-0.1, -0.05) is 18.2 Å². The first-order valence-corrected chi connectivity index (χ1v) is 11.3. The molecule has 1 amide bonds. The number of halogens is 1. The summed E-state index contributed by atoms with van der Waals surface area (Å²) in [4.78, 5) is 21.3. The Bertz CT molecular complexity index is 1460. The van der Waals surface area contributed by atoms with E-state index in [9.17, 15) is 4.79 Å². The minimum Gasteiger partial charge on any atom is -0.497 e. The third-order valence-electron chi connectivity index (χ3n) is 5.10. The molecule has 0 unspecified atom stereocenters. The number of benzene rings is 2. The van der Waals surface area contributed by atoms with Gasteiger partial charge in [0.2, 0.25) is 0 Å². The maximum absolute atomic E-state index is 13.1. The van der Waals surface area contributed by atoms with Crippen molar-refractivity contribution < 1.29 is 9.53 Å². The zero-order chi connectivity index (χ0) is 22.2. The number of nitrogens with one attached hydrogen (secondary N) is 1. The number of methoxy groups -OCH3 is 1. The molecule has 160 valence electrons. The second-order valence-corrected chi connectivity index (χ2v) is 8.67. The third-order valence-corrected chi connectivity index (χ3v) is 6.65. The van der Waals surface area contributed by atoms with Gasteiger partial charge in [-0.3, -0.25) is 9.48 Å². The van der Waals surface area contributed by atoms with E-state index in [0.717, 1.165) is 22.2 Å². The quantitative estimate of drug-likeness (QED) is 0.356. The predicted molar refractivity (Wildman–Crippen MR) is 129 cm³/mol. The first-order valence-electron chi connectivity index (χ1n) is 9.62. The van der Waals surface area contributed by atoms with E-state index in [2.05, 4.69) is 36.3 Å². The second kappa shape index (κ2) is 8.21. The van der Waals surface area contributed by atoms with Crippen LogP contribution in [0.5, 0.6) is 5.75 Å². The molecule has 3 heterocycles. The molecule has 0 aliphatic rings. The maximum atomic E-state index is 13.1. The molecule has 5 aromatic rings. The number of ether oxygens (including phenoxy) is 1. The Balaban J connectivity index is 1.48. The number of nitrogen functional groups attached to an aromatic ring is 1. The Labute approximate surface area is 195 Å². The molecule has 0 bridgehead atoms. The predicted octanol–water partition coefficient (Wildman–Crippen LogP) is 4.69. The number of anilines is 2. The van der Waals surface area contributed by atoms with Crippen molar-refractivity contribution in [3.05, 3.63) is 69.9 Å². The summed E-state index contributed by atoms with van der Waals surface area (Å²) >= 11 is 4.90. The number of amides is 1. The van der Waals surface area contributed by atoms with Gasteiger partial charge in [0.1, 0.15) is 22.5 Å². The lowest BCUT2D eigenvalue weighted by molar-refractivity contribution is 0.102. The van der Waals surface area contributed by atoms with E-state index in [1.54, 1.807) is 12.5 Å². The van der Waals surface area contributed by atoms with Crippen LogP contribution in [0.3, 0.4) is 0 Å². The molecule has 0 saturated carbocycles. The van der Waals surface area contributed by atoms with Crippen LogP contribution in [-0.2, 0) is 6.54 Å². The summed E-state index contributed by atoms with van der Waals surface area (Å²) in [6, 6.07) is 13.6. The van der Waals surface area contributed by atoms with Gasteiger partial charge in [0.25, 0.3) is 5.91 Å². The maximum Gasteiger partial charge on any atom is 0.258 e. The molecule has 2 aromatic carbocycles. The Hall–Kier alpha value is -3.50. The summed E-state index contributed by atoms with van der Waals surface area (Å²) in [7, 11) is 1.64. The lowest BCUT2D eigenvalue weighted by Crippen LogP contribution is -2.12. The Morgan fingerprint density at radius 3 is 2.81 bits per heavy atom. The summed E-state index contributed by atoms with van der Waals surface area (Å²) < 4.78 is 8.47. The Morgan fingerprint density at radius 1 is 1.22 bits per heavy atom. The number of carbonyl (C=O) groups excluding carboxylic acids is 1. The fourth-order valence-corrected chi connectivity index (χ4v) is 5.04. The smallest absolute Gasteiger partial charge is 0.258 e. The highest BCUT2D eigenvalue weighted by atomic mass is 79.9. The van der Waals surface area contributed by atoms with Crippen LogP contribution in [0.4, 0.5) is 11.5 Å². The van der Waals surface area contributed by atoms with Crippen LogP contribution in [0.1, 0.15) is 15.9 Å². The van der Waals surface area contributed by atoms with E-state index in [-0.39, 0.29) is 5.91 Å². The minimum absolute atomic E-state index is 0.267. The molecule has 32 heavy (non-hydrogen) atoms. The van der Waals surface area contributed by atoms with Gasteiger partial charge in [0.15, 0.2) is 0 Å². The highest BCUT2D eigenvalue weighted by Crippen LogP contribution is 2.33. The number of aromatic nitrogens is 4. The molecule has 0 spiro atoms. The van der Waals surface area contributed by atoms with Crippen molar-refractivity contribution in [2.75, 3.05) is 18.2 Å². The Morgan fingerprint density at radius 2 is 2.03 bits per heavy atom. The average molecular weight is 509 g/mol. The fourth-order valence-electron chi connectivity index (χ4n) is 3.53. The van der Waals surface area contributed by atoms with Gasteiger partial charge in [-0.25, -0.2) is 9.97 Å². The molecule has 0 fully saturated rings. The molecular formula is C22H17BrN6O2S. The van der Waals surface area contributed by atoms with Gasteiger partial charge in [-0.2, -0.15) is 5.10 Å². The molecule has 0 radical (unpaired) electrons. The van der Waals surface area contributed by atoms with Crippen molar-refractivity contribution in [2.24, 2.45) is 0 Å². The van der Waals surface area contributed by atoms with E-state index in [4.69, 9.17) is 10.5 Å². The topological polar surface area (TPSA) is 108 Å². The zero-order valence-electron chi connectivity index (χ0n) is 16.9. The van der Waals surface area contributed by atoms with Crippen molar-refractivity contribution in [2.45, 2.75) is 6.54 Å². The fraction of sp³-hybridized carbons (Fsp3) is 0.0909. The molecule has 0 aliphatic carbocycles. The first-order chi connectivity index (χ1) is 15.5. The van der Waals surface area contributed by atoms with Crippen LogP contribution >= 0.6 is 27.3 Å². The third kappa shape index (κ3) is 3.57. The molecular weight excluding hydrogens is 492 g/mol. The number of thiophene rings is 1. The summed E-state index contributed by atoms with van der Waals surface area (Å²) in [6.45, 7) is 0.578. The number of rotatable bonds is 5. The molecule has 3 N–H and O–H groups in total. The highest BCUT2D eigenvalue weighted by Gasteiger charge is 2.19. The molecule has 3 aromatic heterocycles. The molecule has 5 rings (SSSR count). The average Bonchev–Trinajstić information content (AvgIpc) is 3.37. The van der Waals surface area contributed by atoms with E-state index in [1.165, 1.54) is 17.7 Å². The number of hydrogen-bond donors (Lipinski definition) is 2. The van der Waals surface area contributed by atoms with Crippen molar-refractivity contribution in [3.8, 4) is 5.75 Å². The van der Waals surface area contributed by atoms with Gasteiger partial charge in [-0.05, 0) is 45.8 Å². The van der Waals surface area contributed by atoms with Crippen molar-refractivity contribution in [1.29, 1.82) is 0 Å². The number of hydrogen-bond acceptors (Lipinski definition) is 7. The standard InChI is InChI=1S/C22H17BrN6O2S/c1-31-13-7-5-12(6-8-13)9-29-16-4-2-3-15(17(16)20(23)28-29)27-22(30)14-10-32-19-18(14)25-11-26-21(19)24/h2-8,10-11H,9H2,1H3,(H,27,30)(H2,24,25,26). The number of nitrogens with zero attached hydrogens (tertiary/aromatic N) is 4. The zero-order valence-corrected chi connectivity index (χ0v) is 19.3. The van der Waals surface area contributed by atoms with Crippen molar-refractivity contribution in [3.63, 3.8) is 0 Å². The molecule has 0 aliphatic heterocycles. The second-order valence-electron chi connectivity index (χ2n) is 7.04. The van der Waals surface area contributed by atoms with Crippen molar-refractivity contribution in [1.82, 2.24) is 19.7 Å². The van der Waals surface area contributed by atoms with Gasteiger partial charge < -0.3 is 15.8 Å². The molecule has 8 nitrogen and oxygen atoms in total. The summed E-state index contributed by atoms with van der Waals surface area (Å²) in [5, 5.41) is 10.2. The molecule has 0 saturated heterocycles. The van der Waals surface area contributed by atoms with E-state index in [1.807, 2.05) is 47.1 Å². The Kier molecular flexibility index (Phi) is 5.24. The summed E-state index contributed by atoms with van der Waals surface area (Å²) in [5.41, 5.74) is 9.53. The highest BCUT2D eigenvalue weighted by molar-refractivity contribution is 9.10. The van der Waals surface area contributed by atoms with Crippen LogP contribution in [0, 0.1) is 0 Å². The van der Waals surface area contributed by atoms with E-state index in [0.29, 0.717) is 38.4 Å². The lowest BCUT2D eigenvalue weighted by Gasteiger charge is -2.08. The number of fused-ring (bicyclic) bond motifs is 2. The van der Waals surface area contributed by atoms with Crippen LogP contribution in [0.25, 0.3) is 21.1 Å². The van der Waals surface area contributed by atoms with Gasteiger partial charge in [0, 0.05) is 5.38 Å². The summed E-state index contributed by atoms with van der Waals surface area (Å²) in [6.07, 6.45) is 1.36. The molecule has 10 heteroatoms. The number of nitrogens with two attached hydrogens (primary N) is 1. The summed E-state index contributed by atoms with van der Waals surface area (Å²) in [5.74, 6) is 0.901. The lowest BCUT2D eigenvalue weighted by atomic mass is 10.2. The van der Waals surface area contributed by atoms with Gasteiger partial charge in [0.05, 0.1) is 46.0 Å². The van der Waals surface area contributed by atoms with Gasteiger partial charge >= 0.3 is 0 Å². The normalized spacial score (nSPS) is 11.2.